The van der Waals surface area contributed by atoms with E-state index in [0.29, 0.717) is 16.8 Å². The molecule has 0 fully saturated rings. The number of rotatable bonds is 3. The lowest BCUT2D eigenvalue weighted by Gasteiger charge is -2.08. The van der Waals surface area contributed by atoms with Crippen molar-refractivity contribution >= 4 is 17.3 Å². The maximum atomic E-state index is 12.1. The van der Waals surface area contributed by atoms with Gasteiger partial charge in [-0.1, -0.05) is 17.7 Å². The third kappa shape index (κ3) is 3.00. The molecule has 0 unspecified atom stereocenters. The van der Waals surface area contributed by atoms with Gasteiger partial charge in [0.1, 0.15) is 0 Å². The van der Waals surface area contributed by atoms with Gasteiger partial charge in [0, 0.05) is 23.4 Å². The molecule has 0 aliphatic heterocycles. The molecule has 5 heteroatoms. The number of amides is 1. The number of nitro groups is 1. The summed E-state index contributed by atoms with van der Waals surface area (Å²) in [7, 11) is 0. The van der Waals surface area contributed by atoms with Crippen LogP contribution in [0.3, 0.4) is 0 Å². The standard InChI is InChI=1S/C15H14N2O3/c1-10-4-3-5-12(8-10)15(18)16-14-7-6-13(17(19)20)9-11(14)2/h3-9H,1-2H3,(H,16,18). The molecular formula is C15H14N2O3. The second-order valence-corrected chi connectivity index (χ2v) is 4.58. The number of non-ortho nitro benzene ring substituents is 1. The average molecular weight is 270 g/mol. The van der Waals surface area contributed by atoms with Crippen LogP contribution in [0.5, 0.6) is 0 Å². The zero-order valence-electron chi connectivity index (χ0n) is 11.2. The zero-order chi connectivity index (χ0) is 14.7. The fourth-order valence-electron chi connectivity index (χ4n) is 1.88. The van der Waals surface area contributed by atoms with Crippen LogP contribution in [0.2, 0.25) is 0 Å². The predicted molar refractivity (Wildman–Crippen MR) is 77.0 cm³/mol. The molecule has 0 saturated heterocycles. The van der Waals surface area contributed by atoms with Crippen molar-refractivity contribution in [2.75, 3.05) is 5.32 Å². The highest BCUT2D eigenvalue weighted by Gasteiger charge is 2.11. The molecule has 5 nitrogen and oxygen atoms in total. The van der Waals surface area contributed by atoms with Gasteiger partial charge in [-0.15, -0.1) is 0 Å². The summed E-state index contributed by atoms with van der Waals surface area (Å²) in [5.41, 5.74) is 2.79. The van der Waals surface area contributed by atoms with Crippen LogP contribution in [0.1, 0.15) is 21.5 Å². The first-order valence-corrected chi connectivity index (χ1v) is 6.10. The second-order valence-electron chi connectivity index (χ2n) is 4.58. The molecule has 0 saturated carbocycles. The molecular weight excluding hydrogens is 256 g/mol. The van der Waals surface area contributed by atoms with E-state index in [2.05, 4.69) is 5.32 Å². The Balaban J connectivity index is 2.22. The SMILES string of the molecule is Cc1cccc(C(=O)Nc2ccc([N+](=O)[O-])cc2C)c1. The van der Waals surface area contributed by atoms with Crippen LogP contribution in [-0.4, -0.2) is 10.8 Å². The fraction of sp³-hybridized carbons (Fsp3) is 0.133. The van der Waals surface area contributed by atoms with E-state index < -0.39 is 4.92 Å². The molecule has 0 aliphatic rings. The molecule has 102 valence electrons. The zero-order valence-corrected chi connectivity index (χ0v) is 11.2. The largest absolute Gasteiger partial charge is 0.322 e. The minimum Gasteiger partial charge on any atom is -0.322 e. The Kier molecular flexibility index (Phi) is 3.79. The molecule has 0 aromatic heterocycles. The smallest absolute Gasteiger partial charge is 0.269 e. The molecule has 0 spiro atoms. The highest BCUT2D eigenvalue weighted by Crippen LogP contribution is 2.21. The number of nitro benzene ring substituents is 1. The average Bonchev–Trinajstić information content (AvgIpc) is 2.40. The summed E-state index contributed by atoms with van der Waals surface area (Å²) in [6, 6.07) is 11.6. The van der Waals surface area contributed by atoms with Crippen molar-refractivity contribution in [1.29, 1.82) is 0 Å². The third-order valence-corrected chi connectivity index (χ3v) is 2.95. The lowest BCUT2D eigenvalue weighted by Crippen LogP contribution is -2.12. The van der Waals surface area contributed by atoms with E-state index in [1.54, 1.807) is 25.1 Å². The van der Waals surface area contributed by atoms with E-state index >= 15 is 0 Å². The third-order valence-electron chi connectivity index (χ3n) is 2.95. The van der Waals surface area contributed by atoms with E-state index in [-0.39, 0.29) is 11.6 Å². The fourth-order valence-corrected chi connectivity index (χ4v) is 1.88. The van der Waals surface area contributed by atoms with Crippen LogP contribution in [0, 0.1) is 24.0 Å². The summed E-state index contributed by atoms with van der Waals surface area (Å²) in [6.07, 6.45) is 0. The Hall–Kier alpha value is -2.69. The Morgan fingerprint density at radius 3 is 2.50 bits per heavy atom. The Morgan fingerprint density at radius 1 is 1.15 bits per heavy atom. The normalized spacial score (nSPS) is 10.1. The second kappa shape index (κ2) is 5.52. The summed E-state index contributed by atoms with van der Waals surface area (Å²) in [5.74, 6) is -0.231. The quantitative estimate of drug-likeness (QED) is 0.685. The molecule has 0 bridgehead atoms. The first-order valence-electron chi connectivity index (χ1n) is 6.10. The van der Waals surface area contributed by atoms with Crippen LogP contribution in [0.4, 0.5) is 11.4 Å². The number of benzene rings is 2. The molecule has 0 aliphatic carbocycles. The number of hydrogen-bond acceptors (Lipinski definition) is 3. The van der Waals surface area contributed by atoms with Gasteiger partial charge in [0.15, 0.2) is 0 Å². The van der Waals surface area contributed by atoms with E-state index in [0.717, 1.165) is 5.56 Å². The molecule has 2 aromatic carbocycles. The van der Waals surface area contributed by atoms with Gasteiger partial charge < -0.3 is 5.32 Å². The number of nitrogens with zero attached hydrogens (tertiary/aromatic N) is 1. The van der Waals surface area contributed by atoms with Gasteiger partial charge >= 0.3 is 0 Å². The summed E-state index contributed by atoms with van der Waals surface area (Å²) in [4.78, 5) is 22.3. The highest BCUT2D eigenvalue weighted by atomic mass is 16.6. The lowest BCUT2D eigenvalue weighted by molar-refractivity contribution is -0.384. The van der Waals surface area contributed by atoms with Gasteiger partial charge in [-0.05, 0) is 37.6 Å². The molecule has 0 atom stereocenters. The summed E-state index contributed by atoms with van der Waals surface area (Å²) >= 11 is 0. The lowest BCUT2D eigenvalue weighted by atomic mass is 10.1. The number of hydrogen-bond donors (Lipinski definition) is 1. The van der Waals surface area contributed by atoms with Crippen molar-refractivity contribution in [2.24, 2.45) is 0 Å². The van der Waals surface area contributed by atoms with Gasteiger partial charge in [0.2, 0.25) is 0 Å². The van der Waals surface area contributed by atoms with Crippen molar-refractivity contribution < 1.29 is 9.72 Å². The van der Waals surface area contributed by atoms with E-state index in [1.165, 1.54) is 12.1 Å². The predicted octanol–water partition coefficient (Wildman–Crippen LogP) is 3.46. The van der Waals surface area contributed by atoms with Crippen molar-refractivity contribution in [2.45, 2.75) is 13.8 Å². The maximum Gasteiger partial charge on any atom is 0.269 e. The van der Waals surface area contributed by atoms with Crippen LogP contribution < -0.4 is 5.32 Å². The van der Waals surface area contributed by atoms with Gasteiger partial charge in [-0.3, -0.25) is 14.9 Å². The number of carbonyl (C=O) groups excluding carboxylic acids is 1. The Bertz CT molecular complexity index is 681. The summed E-state index contributed by atoms with van der Waals surface area (Å²) < 4.78 is 0. The van der Waals surface area contributed by atoms with Gasteiger partial charge in [0.25, 0.3) is 11.6 Å². The number of anilines is 1. The Morgan fingerprint density at radius 2 is 1.90 bits per heavy atom. The molecule has 20 heavy (non-hydrogen) atoms. The molecule has 1 N–H and O–H groups in total. The highest BCUT2D eigenvalue weighted by molar-refractivity contribution is 6.04. The van der Waals surface area contributed by atoms with Crippen LogP contribution in [0.15, 0.2) is 42.5 Å². The summed E-state index contributed by atoms with van der Waals surface area (Å²) in [5, 5.41) is 13.4. The first kappa shape index (κ1) is 13.7. The van der Waals surface area contributed by atoms with Crippen molar-refractivity contribution in [3.05, 3.63) is 69.3 Å². The minimum atomic E-state index is -0.459. The molecule has 2 rings (SSSR count). The van der Waals surface area contributed by atoms with Crippen molar-refractivity contribution in [3.8, 4) is 0 Å². The van der Waals surface area contributed by atoms with Crippen LogP contribution in [-0.2, 0) is 0 Å². The Labute approximate surface area is 116 Å². The molecule has 0 radical (unpaired) electrons. The molecule has 0 heterocycles. The number of carbonyl (C=O) groups is 1. The van der Waals surface area contributed by atoms with E-state index in [9.17, 15) is 14.9 Å². The van der Waals surface area contributed by atoms with Gasteiger partial charge in [0.05, 0.1) is 4.92 Å². The van der Waals surface area contributed by atoms with E-state index in [1.807, 2.05) is 19.1 Å². The van der Waals surface area contributed by atoms with Crippen LogP contribution in [0.25, 0.3) is 0 Å². The molecule has 2 aromatic rings. The van der Waals surface area contributed by atoms with Gasteiger partial charge in [-0.2, -0.15) is 0 Å². The van der Waals surface area contributed by atoms with Gasteiger partial charge in [-0.25, -0.2) is 0 Å². The molecule has 1 amide bonds. The van der Waals surface area contributed by atoms with Crippen LogP contribution >= 0.6 is 0 Å². The monoisotopic (exact) mass is 270 g/mol. The summed E-state index contributed by atoms with van der Waals surface area (Å²) in [6.45, 7) is 3.63. The van der Waals surface area contributed by atoms with Crippen molar-refractivity contribution in [3.63, 3.8) is 0 Å². The first-order chi connectivity index (χ1) is 9.47. The minimum absolute atomic E-state index is 0.0102. The topological polar surface area (TPSA) is 72.2 Å². The maximum absolute atomic E-state index is 12.1. The number of nitrogens with one attached hydrogen (secondary N) is 1. The number of aryl methyl sites for hydroxylation is 2. The van der Waals surface area contributed by atoms with E-state index in [4.69, 9.17) is 0 Å². The van der Waals surface area contributed by atoms with Crippen molar-refractivity contribution in [1.82, 2.24) is 0 Å².